The van der Waals surface area contributed by atoms with Gasteiger partial charge in [-0.15, -0.1) is 0 Å². The smallest absolute Gasteiger partial charge is 0.0639 e. The number of nitrogens with one attached hydrogen (secondary N) is 2. The minimum Gasteiger partial charge on any atom is -0.358 e. The van der Waals surface area contributed by atoms with Crippen LogP contribution in [0.4, 0.5) is 0 Å². The highest BCUT2D eigenvalue weighted by atomic mass is 15.1. The molecule has 0 amide bonds. The van der Waals surface area contributed by atoms with E-state index in [-0.39, 0.29) is 0 Å². The minimum absolute atomic E-state index is 0.940. The number of aromatic amines is 2. The molecule has 0 aliphatic rings. The van der Waals surface area contributed by atoms with Crippen LogP contribution in [0.2, 0.25) is 0 Å². The zero-order chi connectivity index (χ0) is 15.7. The fourth-order valence-electron chi connectivity index (χ4n) is 3.12. The van der Waals surface area contributed by atoms with Crippen molar-refractivity contribution in [1.29, 1.82) is 0 Å². The molecule has 0 aliphatic carbocycles. The predicted octanol–water partition coefficient (Wildman–Crippen LogP) is 3.49. The summed E-state index contributed by atoms with van der Waals surface area (Å²) in [5.74, 6) is 0. The summed E-state index contributed by atoms with van der Waals surface area (Å²) in [7, 11) is 2.18. The zero-order valence-corrected chi connectivity index (χ0v) is 13.8. The van der Waals surface area contributed by atoms with Crippen LogP contribution in [0.15, 0.2) is 24.3 Å². The molecule has 22 heavy (non-hydrogen) atoms. The number of aromatic nitrogens is 3. The topological polar surface area (TPSA) is 47.7 Å². The van der Waals surface area contributed by atoms with E-state index >= 15 is 0 Å². The third-order valence-corrected chi connectivity index (χ3v) is 4.48. The van der Waals surface area contributed by atoms with Crippen molar-refractivity contribution in [3.05, 3.63) is 52.5 Å². The first-order chi connectivity index (χ1) is 10.6. The van der Waals surface area contributed by atoms with Crippen molar-refractivity contribution >= 4 is 10.9 Å². The molecule has 0 fully saturated rings. The summed E-state index contributed by atoms with van der Waals surface area (Å²) in [6.07, 6.45) is 1.06. The number of hydrogen-bond acceptors (Lipinski definition) is 2. The van der Waals surface area contributed by atoms with Crippen LogP contribution >= 0.6 is 0 Å². The lowest BCUT2D eigenvalue weighted by atomic mass is 10.1. The van der Waals surface area contributed by atoms with Gasteiger partial charge >= 0.3 is 0 Å². The van der Waals surface area contributed by atoms with Gasteiger partial charge in [-0.25, -0.2) is 0 Å². The molecule has 0 saturated carbocycles. The molecule has 0 spiro atoms. The van der Waals surface area contributed by atoms with Crippen molar-refractivity contribution in [2.24, 2.45) is 0 Å². The van der Waals surface area contributed by atoms with E-state index in [4.69, 9.17) is 0 Å². The van der Waals surface area contributed by atoms with E-state index < -0.39 is 0 Å². The van der Waals surface area contributed by atoms with E-state index in [0.29, 0.717) is 0 Å². The molecule has 3 rings (SSSR count). The summed E-state index contributed by atoms with van der Waals surface area (Å²) in [6.45, 7) is 8.30. The lowest BCUT2D eigenvalue weighted by molar-refractivity contribution is 0.330. The monoisotopic (exact) mass is 296 g/mol. The number of likely N-dealkylation sites (N-methyl/N-ethyl adjacent to an activating group) is 1. The standard InChI is InChI=1S/C18H24N4/c1-12-15(16-7-5-6-8-18(16)19-12)9-10-22(4)11-17-13(2)20-21-14(17)3/h5-8,19H,9-11H2,1-4H3,(H,20,21). The number of rotatable bonds is 5. The first kappa shape index (κ1) is 14.9. The van der Waals surface area contributed by atoms with Crippen LogP contribution in [0.5, 0.6) is 0 Å². The summed E-state index contributed by atoms with van der Waals surface area (Å²) in [6, 6.07) is 8.55. The van der Waals surface area contributed by atoms with Crippen molar-refractivity contribution in [1.82, 2.24) is 20.1 Å². The van der Waals surface area contributed by atoms with Crippen molar-refractivity contribution < 1.29 is 0 Å². The van der Waals surface area contributed by atoms with E-state index in [1.54, 1.807) is 0 Å². The Morgan fingerprint density at radius 1 is 1.05 bits per heavy atom. The highest BCUT2D eigenvalue weighted by Crippen LogP contribution is 2.22. The molecule has 2 heterocycles. The second-order valence-electron chi connectivity index (χ2n) is 6.17. The molecule has 0 bridgehead atoms. The molecule has 0 radical (unpaired) electrons. The van der Waals surface area contributed by atoms with Gasteiger partial charge in [0.15, 0.2) is 0 Å². The Labute approximate surface area is 131 Å². The zero-order valence-electron chi connectivity index (χ0n) is 13.8. The second-order valence-corrected chi connectivity index (χ2v) is 6.17. The van der Waals surface area contributed by atoms with Gasteiger partial charge in [0.1, 0.15) is 0 Å². The number of benzene rings is 1. The quantitative estimate of drug-likeness (QED) is 0.757. The molecule has 4 heteroatoms. The van der Waals surface area contributed by atoms with Gasteiger partial charge in [-0.2, -0.15) is 5.10 Å². The number of H-pyrrole nitrogens is 2. The number of hydrogen-bond donors (Lipinski definition) is 2. The van der Waals surface area contributed by atoms with Crippen molar-refractivity contribution in [3.8, 4) is 0 Å². The summed E-state index contributed by atoms with van der Waals surface area (Å²) >= 11 is 0. The number of para-hydroxylation sites is 1. The van der Waals surface area contributed by atoms with Gasteiger partial charge in [0.05, 0.1) is 5.69 Å². The number of fused-ring (bicyclic) bond motifs is 1. The predicted molar refractivity (Wildman–Crippen MR) is 91.1 cm³/mol. The van der Waals surface area contributed by atoms with E-state index in [9.17, 15) is 0 Å². The molecular formula is C18H24N4. The van der Waals surface area contributed by atoms with E-state index in [0.717, 1.165) is 25.2 Å². The van der Waals surface area contributed by atoms with Crippen molar-refractivity contribution in [2.45, 2.75) is 33.7 Å². The highest BCUT2D eigenvalue weighted by molar-refractivity contribution is 5.84. The average molecular weight is 296 g/mol. The molecule has 1 aromatic carbocycles. The molecule has 0 atom stereocenters. The molecule has 0 saturated heterocycles. The maximum absolute atomic E-state index is 4.28. The number of aryl methyl sites for hydroxylation is 3. The maximum atomic E-state index is 4.28. The Hall–Kier alpha value is -2.07. The van der Waals surface area contributed by atoms with Crippen LogP contribution in [0.25, 0.3) is 10.9 Å². The van der Waals surface area contributed by atoms with Crippen LogP contribution in [-0.2, 0) is 13.0 Å². The normalized spacial score (nSPS) is 11.7. The Morgan fingerprint density at radius 3 is 2.55 bits per heavy atom. The Bertz CT molecular complexity index is 762. The molecule has 116 valence electrons. The van der Waals surface area contributed by atoms with E-state index in [2.05, 4.69) is 72.2 Å². The first-order valence-electron chi connectivity index (χ1n) is 7.81. The molecule has 0 unspecified atom stereocenters. The molecule has 2 N–H and O–H groups in total. The molecule has 3 aromatic rings. The Kier molecular flexibility index (Phi) is 4.03. The van der Waals surface area contributed by atoms with Gasteiger partial charge in [0, 0.05) is 40.9 Å². The minimum atomic E-state index is 0.940. The molecular weight excluding hydrogens is 272 g/mol. The third kappa shape index (κ3) is 2.79. The van der Waals surface area contributed by atoms with Crippen LogP contribution in [0, 0.1) is 20.8 Å². The first-order valence-corrected chi connectivity index (χ1v) is 7.81. The van der Waals surface area contributed by atoms with Gasteiger partial charge in [0.2, 0.25) is 0 Å². The highest BCUT2D eigenvalue weighted by Gasteiger charge is 2.12. The van der Waals surface area contributed by atoms with E-state index in [1.165, 1.54) is 33.4 Å². The lowest BCUT2D eigenvalue weighted by Crippen LogP contribution is -2.21. The van der Waals surface area contributed by atoms with Crippen LogP contribution in [-0.4, -0.2) is 33.7 Å². The maximum Gasteiger partial charge on any atom is 0.0639 e. The summed E-state index contributed by atoms with van der Waals surface area (Å²) in [5, 5.41) is 8.69. The number of nitrogens with zero attached hydrogens (tertiary/aromatic N) is 2. The largest absolute Gasteiger partial charge is 0.358 e. The van der Waals surface area contributed by atoms with Crippen LogP contribution < -0.4 is 0 Å². The lowest BCUT2D eigenvalue weighted by Gasteiger charge is -2.17. The fourth-order valence-corrected chi connectivity index (χ4v) is 3.12. The van der Waals surface area contributed by atoms with Gasteiger partial charge < -0.3 is 9.88 Å². The van der Waals surface area contributed by atoms with Gasteiger partial charge in [-0.05, 0) is 45.9 Å². The van der Waals surface area contributed by atoms with Crippen molar-refractivity contribution in [2.75, 3.05) is 13.6 Å². The second kappa shape index (κ2) is 5.97. The Morgan fingerprint density at radius 2 is 1.82 bits per heavy atom. The van der Waals surface area contributed by atoms with Crippen LogP contribution in [0.1, 0.15) is 28.2 Å². The molecule has 2 aromatic heterocycles. The van der Waals surface area contributed by atoms with Gasteiger partial charge in [0.25, 0.3) is 0 Å². The van der Waals surface area contributed by atoms with E-state index in [1.807, 2.05) is 0 Å². The average Bonchev–Trinajstić information content (AvgIpc) is 2.98. The Balaban J connectivity index is 1.70. The molecule has 4 nitrogen and oxygen atoms in total. The fraction of sp³-hybridized carbons (Fsp3) is 0.389. The summed E-state index contributed by atoms with van der Waals surface area (Å²) in [4.78, 5) is 5.85. The van der Waals surface area contributed by atoms with Crippen LogP contribution in [0.3, 0.4) is 0 Å². The van der Waals surface area contributed by atoms with Crippen molar-refractivity contribution in [3.63, 3.8) is 0 Å². The SMILES string of the molecule is Cc1n[nH]c(C)c1CN(C)CCc1c(C)[nH]c2ccccc12. The van der Waals surface area contributed by atoms with Gasteiger partial charge in [-0.1, -0.05) is 18.2 Å². The molecule has 0 aliphatic heterocycles. The summed E-state index contributed by atoms with van der Waals surface area (Å²) in [5.41, 5.74) is 7.55. The summed E-state index contributed by atoms with van der Waals surface area (Å²) < 4.78 is 0. The third-order valence-electron chi connectivity index (χ3n) is 4.48. The van der Waals surface area contributed by atoms with Gasteiger partial charge in [-0.3, -0.25) is 5.10 Å².